The summed E-state index contributed by atoms with van der Waals surface area (Å²) >= 11 is 0. The van der Waals surface area contributed by atoms with E-state index in [1.807, 2.05) is 67.9 Å². The number of carbonyl (C=O) groups is 1. The molecule has 29 heavy (non-hydrogen) atoms. The minimum atomic E-state index is -0.292. The summed E-state index contributed by atoms with van der Waals surface area (Å²) in [5.41, 5.74) is 2.29. The second-order valence-corrected chi connectivity index (χ2v) is 8.10. The highest BCUT2D eigenvalue weighted by Crippen LogP contribution is 2.25. The van der Waals surface area contributed by atoms with Crippen molar-refractivity contribution in [2.24, 2.45) is 0 Å². The number of hydrogen-bond acceptors (Lipinski definition) is 5. The number of amides is 2. The van der Waals surface area contributed by atoms with Gasteiger partial charge in [0.1, 0.15) is 5.52 Å². The Morgan fingerprint density at radius 2 is 1.83 bits per heavy atom. The fourth-order valence-corrected chi connectivity index (χ4v) is 3.25. The molecule has 2 N–H and O–H groups in total. The minimum Gasteiger partial charge on any atom is -0.378 e. The molecule has 152 valence electrons. The number of ether oxygens (including phenoxy) is 1. The number of nitrogens with zero attached hydrogens (tertiary/aromatic N) is 4. The zero-order valence-corrected chi connectivity index (χ0v) is 17.0. The molecule has 1 aromatic carbocycles. The van der Waals surface area contributed by atoms with E-state index in [0.29, 0.717) is 24.7 Å². The van der Waals surface area contributed by atoms with Gasteiger partial charge in [0.25, 0.3) is 0 Å². The van der Waals surface area contributed by atoms with Gasteiger partial charge in [0.05, 0.1) is 13.2 Å². The highest BCUT2D eigenvalue weighted by molar-refractivity contribution is 5.90. The monoisotopic (exact) mass is 394 g/mol. The van der Waals surface area contributed by atoms with Crippen molar-refractivity contribution >= 4 is 23.1 Å². The third kappa shape index (κ3) is 4.48. The lowest BCUT2D eigenvalue weighted by Crippen LogP contribution is -2.43. The van der Waals surface area contributed by atoms with Crippen molar-refractivity contribution < 1.29 is 9.53 Å². The van der Waals surface area contributed by atoms with Gasteiger partial charge in [-0.2, -0.15) is 0 Å². The highest BCUT2D eigenvalue weighted by atomic mass is 16.5. The summed E-state index contributed by atoms with van der Waals surface area (Å²) in [6.45, 7) is 8.84. The van der Waals surface area contributed by atoms with Gasteiger partial charge in [-0.05, 0) is 57.2 Å². The smallest absolute Gasteiger partial charge is 0.319 e. The number of carbonyl (C=O) groups excluding carboxylic acids is 1. The third-order valence-corrected chi connectivity index (χ3v) is 4.57. The molecule has 0 bridgehead atoms. The Hall–Kier alpha value is -3.13. The Morgan fingerprint density at radius 1 is 1.10 bits per heavy atom. The van der Waals surface area contributed by atoms with Crippen LogP contribution in [0.15, 0.2) is 42.6 Å². The Kier molecular flexibility index (Phi) is 5.10. The van der Waals surface area contributed by atoms with Crippen molar-refractivity contribution in [1.82, 2.24) is 19.9 Å². The topological polar surface area (TPSA) is 83.8 Å². The maximum atomic E-state index is 12.1. The van der Waals surface area contributed by atoms with Crippen molar-refractivity contribution in [1.29, 1.82) is 0 Å². The number of nitrogens with one attached hydrogen (secondary N) is 2. The number of anilines is 2. The lowest BCUT2D eigenvalue weighted by Gasteiger charge is -2.28. The molecule has 2 aromatic heterocycles. The number of morpholine rings is 1. The van der Waals surface area contributed by atoms with Gasteiger partial charge in [-0.25, -0.2) is 14.3 Å². The molecule has 0 aliphatic carbocycles. The molecule has 0 spiro atoms. The van der Waals surface area contributed by atoms with Crippen LogP contribution in [0, 0.1) is 0 Å². The fraction of sp³-hybridized carbons (Fsp3) is 0.381. The van der Waals surface area contributed by atoms with Gasteiger partial charge in [0.2, 0.25) is 0 Å². The van der Waals surface area contributed by atoms with E-state index in [1.165, 1.54) is 0 Å². The van der Waals surface area contributed by atoms with Crippen molar-refractivity contribution in [3.8, 4) is 11.4 Å². The molecule has 1 aliphatic heterocycles. The van der Waals surface area contributed by atoms with E-state index in [4.69, 9.17) is 9.72 Å². The van der Waals surface area contributed by atoms with Gasteiger partial charge in [-0.15, -0.1) is 5.10 Å². The van der Waals surface area contributed by atoms with Gasteiger partial charge in [0.15, 0.2) is 11.6 Å². The van der Waals surface area contributed by atoms with Crippen LogP contribution in [0.5, 0.6) is 0 Å². The molecule has 8 heteroatoms. The minimum absolute atomic E-state index is 0.232. The number of hydrogen-bond donors (Lipinski definition) is 2. The first kappa shape index (κ1) is 19.2. The first-order chi connectivity index (χ1) is 13.9. The van der Waals surface area contributed by atoms with Crippen LogP contribution in [-0.2, 0) is 4.74 Å². The average molecular weight is 394 g/mol. The molecule has 8 nitrogen and oxygen atoms in total. The number of rotatable bonds is 3. The second-order valence-electron chi connectivity index (χ2n) is 8.10. The van der Waals surface area contributed by atoms with Crippen LogP contribution >= 0.6 is 0 Å². The number of benzene rings is 1. The third-order valence-electron chi connectivity index (χ3n) is 4.57. The lowest BCUT2D eigenvalue weighted by molar-refractivity contribution is 0.122. The van der Waals surface area contributed by atoms with Crippen molar-refractivity contribution in [2.45, 2.75) is 26.3 Å². The first-order valence-corrected chi connectivity index (χ1v) is 9.77. The quantitative estimate of drug-likeness (QED) is 0.713. The zero-order valence-electron chi connectivity index (χ0n) is 17.0. The van der Waals surface area contributed by atoms with E-state index in [2.05, 4.69) is 20.6 Å². The van der Waals surface area contributed by atoms with Gasteiger partial charge in [0, 0.05) is 36.1 Å². The predicted molar refractivity (Wildman–Crippen MR) is 113 cm³/mol. The van der Waals surface area contributed by atoms with E-state index in [-0.39, 0.29) is 11.6 Å². The van der Waals surface area contributed by atoms with Crippen LogP contribution in [0.3, 0.4) is 0 Å². The highest BCUT2D eigenvalue weighted by Gasteiger charge is 2.18. The number of aromatic nitrogens is 3. The molecular formula is C21H26N6O2. The van der Waals surface area contributed by atoms with Gasteiger partial charge >= 0.3 is 6.03 Å². The normalized spacial score (nSPS) is 14.8. The summed E-state index contributed by atoms with van der Waals surface area (Å²) in [5, 5.41) is 10.4. The molecule has 0 unspecified atom stereocenters. The zero-order chi connectivity index (χ0) is 20.4. The maximum Gasteiger partial charge on any atom is 0.319 e. The second kappa shape index (κ2) is 7.71. The molecular weight excluding hydrogens is 368 g/mol. The number of fused-ring (bicyclic) bond motifs is 1. The molecule has 4 rings (SSSR count). The van der Waals surface area contributed by atoms with Crippen LogP contribution in [0.2, 0.25) is 0 Å². The number of urea groups is 1. The standard InChI is InChI=1S/C21H26N6O2/c1-21(2,3)24-20(28)22-16-8-6-15(7-9-16)18-23-19(26-11-13-29-14-12-26)17-5-4-10-27(17)25-18/h4-10H,11-14H2,1-3H3,(H2,22,24,28). The largest absolute Gasteiger partial charge is 0.378 e. The molecule has 2 amide bonds. The van der Waals surface area contributed by atoms with Crippen molar-refractivity contribution in [3.63, 3.8) is 0 Å². The molecule has 0 saturated carbocycles. The van der Waals surface area contributed by atoms with Crippen LogP contribution < -0.4 is 15.5 Å². The Morgan fingerprint density at radius 3 is 2.52 bits per heavy atom. The lowest BCUT2D eigenvalue weighted by atomic mass is 10.1. The summed E-state index contributed by atoms with van der Waals surface area (Å²) in [6, 6.07) is 11.3. The summed E-state index contributed by atoms with van der Waals surface area (Å²) in [4.78, 5) is 19.1. The summed E-state index contributed by atoms with van der Waals surface area (Å²) in [5.74, 6) is 1.55. The molecule has 0 radical (unpaired) electrons. The van der Waals surface area contributed by atoms with Crippen LogP contribution in [0.25, 0.3) is 16.9 Å². The van der Waals surface area contributed by atoms with Crippen LogP contribution in [-0.4, -0.2) is 52.5 Å². The van der Waals surface area contributed by atoms with Crippen LogP contribution in [0.4, 0.5) is 16.3 Å². The van der Waals surface area contributed by atoms with Gasteiger partial charge in [-0.1, -0.05) is 0 Å². The van der Waals surface area contributed by atoms with Crippen molar-refractivity contribution in [2.75, 3.05) is 36.5 Å². The van der Waals surface area contributed by atoms with Gasteiger partial charge < -0.3 is 20.3 Å². The van der Waals surface area contributed by atoms with E-state index in [0.717, 1.165) is 30.0 Å². The summed E-state index contributed by atoms with van der Waals surface area (Å²) < 4.78 is 7.33. The van der Waals surface area contributed by atoms with E-state index in [9.17, 15) is 4.79 Å². The molecule has 1 fully saturated rings. The van der Waals surface area contributed by atoms with Gasteiger partial charge in [-0.3, -0.25) is 0 Å². The predicted octanol–water partition coefficient (Wildman–Crippen LogP) is 3.15. The molecule has 0 atom stereocenters. The van der Waals surface area contributed by atoms with Crippen molar-refractivity contribution in [3.05, 3.63) is 42.6 Å². The molecule has 1 saturated heterocycles. The SMILES string of the molecule is CC(C)(C)NC(=O)Nc1ccc(-c2nc(N3CCOCC3)c3cccn3n2)cc1. The van der Waals surface area contributed by atoms with Crippen LogP contribution in [0.1, 0.15) is 20.8 Å². The van der Waals surface area contributed by atoms with E-state index in [1.54, 1.807) is 0 Å². The average Bonchev–Trinajstić information content (AvgIpc) is 3.15. The fourth-order valence-electron chi connectivity index (χ4n) is 3.25. The summed E-state index contributed by atoms with van der Waals surface area (Å²) in [7, 11) is 0. The summed E-state index contributed by atoms with van der Waals surface area (Å²) in [6.07, 6.45) is 1.93. The first-order valence-electron chi connectivity index (χ1n) is 9.77. The van der Waals surface area contributed by atoms with E-state index < -0.39 is 0 Å². The maximum absolute atomic E-state index is 12.1. The Bertz CT molecular complexity index is 1000. The molecule has 3 heterocycles. The van der Waals surface area contributed by atoms with E-state index >= 15 is 0 Å². The Balaban J connectivity index is 1.59. The Labute approximate surface area is 169 Å². The molecule has 1 aliphatic rings. The molecule has 3 aromatic rings.